The van der Waals surface area contributed by atoms with E-state index in [9.17, 15) is 4.79 Å². The molecule has 1 aliphatic heterocycles. The number of aromatic amines is 1. The molecule has 1 aromatic carbocycles. The lowest BCUT2D eigenvalue weighted by atomic mass is 9.81. The summed E-state index contributed by atoms with van der Waals surface area (Å²) < 4.78 is 0. The van der Waals surface area contributed by atoms with Crippen LogP contribution in [0.15, 0.2) is 24.3 Å². The molecule has 0 aliphatic carbocycles. The first-order valence-corrected chi connectivity index (χ1v) is 7.20. The van der Waals surface area contributed by atoms with Crippen LogP contribution in [-0.4, -0.2) is 29.0 Å². The normalized spacial score (nSPS) is 22.2. The number of H-pyrrole nitrogens is 1. The van der Waals surface area contributed by atoms with E-state index in [-0.39, 0.29) is 11.3 Å². The van der Waals surface area contributed by atoms with E-state index < -0.39 is 0 Å². The Bertz CT molecular complexity index is 580. The first-order valence-electron chi connectivity index (χ1n) is 7.20. The summed E-state index contributed by atoms with van der Waals surface area (Å²) in [5, 5.41) is 6.25. The lowest BCUT2D eigenvalue weighted by Gasteiger charge is -2.25. The number of fused-ring (bicyclic) bond motifs is 1. The molecular weight excluding hydrogens is 252 g/mol. The molecule has 2 heterocycles. The summed E-state index contributed by atoms with van der Waals surface area (Å²) in [5.41, 5.74) is 1.53. The van der Waals surface area contributed by atoms with E-state index >= 15 is 0 Å². The lowest BCUT2D eigenvalue weighted by molar-refractivity contribution is -0.125. The van der Waals surface area contributed by atoms with Crippen molar-refractivity contribution in [3.8, 4) is 0 Å². The van der Waals surface area contributed by atoms with Gasteiger partial charge in [-0.1, -0.05) is 25.5 Å². The summed E-state index contributed by atoms with van der Waals surface area (Å²) in [4.78, 5) is 20.1. The number of aromatic nitrogens is 2. The number of amides is 1. The molecule has 1 fully saturated rings. The molecule has 1 atom stereocenters. The van der Waals surface area contributed by atoms with Crippen molar-refractivity contribution in [3.05, 3.63) is 24.3 Å². The van der Waals surface area contributed by atoms with Gasteiger partial charge in [-0.05, 0) is 31.5 Å². The quantitative estimate of drug-likeness (QED) is 0.799. The maximum absolute atomic E-state index is 12.6. The number of nitrogens with one attached hydrogen (secondary N) is 3. The Morgan fingerprint density at radius 3 is 3.00 bits per heavy atom. The van der Waals surface area contributed by atoms with Crippen molar-refractivity contribution in [1.29, 1.82) is 0 Å². The van der Waals surface area contributed by atoms with E-state index in [0.29, 0.717) is 5.95 Å². The first kappa shape index (κ1) is 13.1. The minimum absolute atomic E-state index is 0.0726. The van der Waals surface area contributed by atoms with Gasteiger partial charge in [-0.3, -0.25) is 10.1 Å². The lowest BCUT2D eigenvalue weighted by Crippen LogP contribution is -2.38. The molecule has 0 bridgehead atoms. The summed E-state index contributed by atoms with van der Waals surface area (Å²) in [6.07, 6.45) is 2.81. The topological polar surface area (TPSA) is 69.8 Å². The number of anilines is 1. The van der Waals surface area contributed by atoms with Crippen LogP contribution in [0.4, 0.5) is 5.95 Å². The van der Waals surface area contributed by atoms with Gasteiger partial charge in [0, 0.05) is 6.54 Å². The number of imidazole rings is 1. The summed E-state index contributed by atoms with van der Waals surface area (Å²) >= 11 is 0. The Morgan fingerprint density at radius 1 is 1.45 bits per heavy atom. The van der Waals surface area contributed by atoms with Crippen molar-refractivity contribution < 1.29 is 4.79 Å². The van der Waals surface area contributed by atoms with Gasteiger partial charge in [-0.15, -0.1) is 0 Å². The average molecular weight is 272 g/mol. The van der Waals surface area contributed by atoms with Crippen molar-refractivity contribution >= 4 is 22.9 Å². The minimum Gasteiger partial charge on any atom is -0.324 e. The predicted molar refractivity (Wildman–Crippen MR) is 79.6 cm³/mol. The smallest absolute Gasteiger partial charge is 0.234 e. The second-order valence-corrected chi connectivity index (χ2v) is 5.51. The van der Waals surface area contributed by atoms with E-state index in [1.54, 1.807) is 0 Å². The Morgan fingerprint density at radius 2 is 2.30 bits per heavy atom. The third-order valence-corrected chi connectivity index (χ3v) is 4.08. The molecule has 5 nitrogen and oxygen atoms in total. The number of nitrogens with zero attached hydrogens (tertiary/aromatic N) is 1. The maximum Gasteiger partial charge on any atom is 0.234 e. The molecule has 106 valence electrons. The van der Waals surface area contributed by atoms with Gasteiger partial charge in [0.25, 0.3) is 0 Å². The van der Waals surface area contributed by atoms with E-state index in [4.69, 9.17) is 0 Å². The summed E-state index contributed by atoms with van der Waals surface area (Å²) in [5.74, 6) is 0.613. The van der Waals surface area contributed by atoms with E-state index in [1.165, 1.54) is 0 Å². The highest BCUT2D eigenvalue weighted by molar-refractivity contribution is 5.95. The zero-order valence-corrected chi connectivity index (χ0v) is 11.7. The first-order chi connectivity index (χ1) is 9.73. The molecule has 1 unspecified atom stereocenters. The molecule has 1 saturated heterocycles. The Balaban J connectivity index is 1.80. The number of benzene rings is 1. The van der Waals surface area contributed by atoms with Gasteiger partial charge in [-0.25, -0.2) is 4.98 Å². The molecule has 0 spiro atoms. The van der Waals surface area contributed by atoms with Crippen molar-refractivity contribution in [2.75, 3.05) is 18.4 Å². The monoisotopic (exact) mass is 272 g/mol. The fraction of sp³-hybridized carbons (Fsp3) is 0.467. The highest BCUT2D eigenvalue weighted by Gasteiger charge is 2.40. The molecule has 3 rings (SSSR count). The molecule has 0 saturated carbocycles. The van der Waals surface area contributed by atoms with Crippen molar-refractivity contribution in [1.82, 2.24) is 15.3 Å². The second-order valence-electron chi connectivity index (χ2n) is 5.51. The van der Waals surface area contributed by atoms with Crippen LogP contribution in [0, 0.1) is 5.41 Å². The van der Waals surface area contributed by atoms with Gasteiger partial charge in [0.1, 0.15) is 0 Å². The third kappa shape index (κ3) is 2.29. The molecule has 0 radical (unpaired) electrons. The van der Waals surface area contributed by atoms with Gasteiger partial charge < -0.3 is 10.3 Å². The fourth-order valence-electron chi connectivity index (χ4n) is 3.00. The van der Waals surface area contributed by atoms with Crippen molar-refractivity contribution in [3.63, 3.8) is 0 Å². The Labute approximate surface area is 118 Å². The van der Waals surface area contributed by atoms with Gasteiger partial charge in [-0.2, -0.15) is 0 Å². The summed E-state index contributed by atoms with van der Waals surface area (Å²) in [6.45, 7) is 3.79. The number of carbonyl (C=O) groups excluding carboxylic acids is 1. The van der Waals surface area contributed by atoms with Gasteiger partial charge in [0.2, 0.25) is 11.9 Å². The zero-order valence-electron chi connectivity index (χ0n) is 11.7. The Hall–Kier alpha value is -1.88. The molecule has 2 aromatic rings. The van der Waals surface area contributed by atoms with Crippen LogP contribution in [-0.2, 0) is 4.79 Å². The zero-order chi connectivity index (χ0) is 14.0. The molecule has 1 amide bonds. The van der Waals surface area contributed by atoms with Crippen LogP contribution in [0.3, 0.4) is 0 Å². The molecule has 1 aliphatic rings. The third-order valence-electron chi connectivity index (χ3n) is 4.08. The highest BCUT2D eigenvalue weighted by atomic mass is 16.2. The highest BCUT2D eigenvalue weighted by Crippen LogP contribution is 2.32. The predicted octanol–water partition coefficient (Wildman–Crippen LogP) is 2.28. The van der Waals surface area contributed by atoms with E-state index in [2.05, 4.69) is 27.5 Å². The van der Waals surface area contributed by atoms with Crippen molar-refractivity contribution in [2.24, 2.45) is 5.41 Å². The van der Waals surface area contributed by atoms with Gasteiger partial charge in [0.05, 0.1) is 16.4 Å². The average Bonchev–Trinajstić information content (AvgIpc) is 3.05. The number of rotatable bonds is 4. The van der Waals surface area contributed by atoms with E-state index in [0.717, 1.165) is 43.4 Å². The fourth-order valence-corrected chi connectivity index (χ4v) is 3.00. The molecular formula is C15H20N4O. The number of hydrogen-bond acceptors (Lipinski definition) is 3. The maximum atomic E-state index is 12.6. The van der Waals surface area contributed by atoms with Gasteiger partial charge in [0.15, 0.2) is 0 Å². The number of carbonyl (C=O) groups is 1. The van der Waals surface area contributed by atoms with Crippen LogP contribution in [0.2, 0.25) is 0 Å². The van der Waals surface area contributed by atoms with E-state index in [1.807, 2.05) is 24.3 Å². The summed E-state index contributed by atoms with van der Waals surface area (Å²) in [7, 11) is 0. The van der Waals surface area contributed by atoms with Crippen molar-refractivity contribution in [2.45, 2.75) is 26.2 Å². The van der Waals surface area contributed by atoms with Crippen LogP contribution in [0.5, 0.6) is 0 Å². The number of para-hydroxylation sites is 2. The van der Waals surface area contributed by atoms with Crippen LogP contribution < -0.4 is 10.6 Å². The second kappa shape index (κ2) is 5.25. The van der Waals surface area contributed by atoms with Crippen LogP contribution in [0.25, 0.3) is 11.0 Å². The van der Waals surface area contributed by atoms with Crippen LogP contribution >= 0.6 is 0 Å². The standard InChI is InChI=1S/C15H20N4O/c1-2-7-15(8-9-16-10-15)13(20)19-14-17-11-5-3-4-6-12(11)18-14/h3-6,16H,2,7-10H2,1H3,(H2,17,18,19,20). The number of hydrogen-bond donors (Lipinski definition) is 3. The Kier molecular flexibility index (Phi) is 3.44. The summed E-state index contributed by atoms with van der Waals surface area (Å²) in [6, 6.07) is 7.77. The van der Waals surface area contributed by atoms with Gasteiger partial charge >= 0.3 is 0 Å². The molecule has 1 aromatic heterocycles. The van der Waals surface area contributed by atoms with Crippen LogP contribution in [0.1, 0.15) is 26.2 Å². The molecule has 3 N–H and O–H groups in total. The SMILES string of the molecule is CCCC1(C(=O)Nc2nc3ccccc3[nH]2)CCNC1. The molecule has 5 heteroatoms. The minimum atomic E-state index is -0.284. The largest absolute Gasteiger partial charge is 0.324 e. The molecule has 20 heavy (non-hydrogen) atoms.